The molecule has 2 nitrogen and oxygen atoms in total. The van der Waals surface area contributed by atoms with Crippen molar-refractivity contribution in [3.63, 3.8) is 0 Å². The van der Waals surface area contributed by atoms with E-state index in [4.69, 9.17) is 0 Å². The van der Waals surface area contributed by atoms with Gasteiger partial charge in [0.15, 0.2) is 0 Å². The third-order valence-electron chi connectivity index (χ3n) is 4.22. The number of benzene rings is 2. The minimum absolute atomic E-state index is 0.0736. The van der Waals surface area contributed by atoms with Gasteiger partial charge in [-0.05, 0) is 48.6 Å². The van der Waals surface area contributed by atoms with Gasteiger partial charge in [0.1, 0.15) is 5.82 Å². The Morgan fingerprint density at radius 3 is 2.52 bits per heavy atom. The maximum absolute atomic E-state index is 13.7. The predicted octanol–water partition coefficient (Wildman–Crippen LogP) is 4.25. The standard InChI is InChI=1S/C18H21FN2/c1-21(2)16-7-5-6-14(12-16)20-15-10-13(11-15)17-8-3-4-9-18(17)19/h3-9,12-13,15,20H,10-11H2,1-2H3. The number of halogens is 1. The molecule has 110 valence electrons. The van der Waals surface area contributed by atoms with Gasteiger partial charge in [0.25, 0.3) is 0 Å². The van der Waals surface area contributed by atoms with Crippen LogP contribution in [0.1, 0.15) is 24.3 Å². The smallest absolute Gasteiger partial charge is 0.126 e. The summed E-state index contributed by atoms with van der Waals surface area (Å²) < 4.78 is 13.7. The molecule has 1 saturated carbocycles. The van der Waals surface area contributed by atoms with Crippen molar-refractivity contribution in [1.82, 2.24) is 0 Å². The van der Waals surface area contributed by atoms with Gasteiger partial charge >= 0.3 is 0 Å². The predicted molar refractivity (Wildman–Crippen MR) is 86.6 cm³/mol. The molecule has 3 rings (SSSR count). The van der Waals surface area contributed by atoms with Crippen LogP contribution in [0, 0.1) is 5.82 Å². The van der Waals surface area contributed by atoms with Crippen LogP contribution in [0.15, 0.2) is 48.5 Å². The summed E-state index contributed by atoms with van der Waals surface area (Å²) in [5.41, 5.74) is 3.18. The van der Waals surface area contributed by atoms with Crippen LogP contribution in [-0.2, 0) is 0 Å². The first-order valence-corrected chi connectivity index (χ1v) is 7.42. The largest absolute Gasteiger partial charge is 0.382 e. The van der Waals surface area contributed by atoms with E-state index >= 15 is 0 Å². The van der Waals surface area contributed by atoms with E-state index < -0.39 is 0 Å². The Hall–Kier alpha value is -2.03. The second-order valence-corrected chi connectivity index (χ2v) is 5.98. The number of nitrogens with zero attached hydrogens (tertiary/aromatic N) is 1. The fraction of sp³-hybridized carbons (Fsp3) is 0.333. The Bertz CT molecular complexity index is 618. The van der Waals surface area contributed by atoms with Crippen molar-refractivity contribution in [3.8, 4) is 0 Å². The van der Waals surface area contributed by atoms with Crippen LogP contribution in [0.25, 0.3) is 0 Å². The number of anilines is 2. The van der Waals surface area contributed by atoms with Gasteiger partial charge in [0, 0.05) is 31.5 Å². The molecule has 0 amide bonds. The highest BCUT2D eigenvalue weighted by atomic mass is 19.1. The van der Waals surface area contributed by atoms with Crippen LogP contribution in [0.3, 0.4) is 0 Å². The van der Waals surface area contributed by atoms with Gasteiger partial charge in [-0.25, -0.2) is 4.39 Å². The van der Waals surface area contributed by atoms with Gasteiger partial charge in [-0.3, -0.25) is 0 Å². The summed E-state index contributed by atoms with van der Waals surface area (Å²) >= 11 is 0. The van der Waals surface area contributed by atoms with E-state index in [1.54, 1.807) is 12.1 Å². The summed E-state index contributed by atoms with van der Waals surface area (Å²) in [5.74, 6) is 0.274. The molecule has 0 unspecified atom stereocenters. The maximum atomic E-state index is 13.7. The molecule has 0 heterocycles. The molecule has 0 saturated heterocycles. The molecule has 2 aromatic rings. The lowest BCUT2D eigenvalue weighted by Crippen LogP contribution is -2.34. The average molecular weight is 284 g/mol. The van der Waals surface area contributed by atoms with E-state index in [-0.39, 0.29) is 5.82 Å². The molecule has 0 radical (unpaired) electrons. The van der Waals surface area contributed by atoms with Crippen LogP contribution in [0.4, 0.5) is 15.8 Å². The molecule has 0 aromatic heterocycles. The Morgan fingerprint density at radius 1 is 1.05 bits per heavy atom. The van der Waals surface area contributed by atoms with E-state index in [9.17, 15) is 4.39 Å². The second kappa shape index (κ2) is 5.76. The van der Waals surface area contributed by atoms with E-state index in [2.05, 4.69) is 34.5 Å². The van der Waals surface area contributed by atoms with E-state index in [1.807, 2.05) is 26.2 Å². The van der Waals surface area contributed by atoms with Crippen LogP contribution in [0.2, 0.25) is 0 Å². The van der Waals surface area contributed by atoms with Crippen LogP contribution >= 0.6 is 0 Å². The fourth-order valence-corrected chi connectivity index (χ4v) is 2.91. The third kappa shape index (κ3) is 3.02. The maximum Gasteiger partial charge on any atom is 0.126 e. The first kappa shape index (κ1) is 13.9. The van der Waals surface area contributed by atoms with Crippen molar-refractivity contribution in [2.24, 2.45) is 0 Å². The zero-order valence-electron chi connectivity index (χ0n) is 12.5. The molecule has 1 N–H and O–H groups in total. The third-order valence-corrected chi connectivity index (χ3v) is 4.22. The van der Waals surface area contributed by atoms with Crippen molar-refractivity contribution in [3.05, 3.63) is 59.9 Å². The second-order valence-electron chi connectivity index (χ2n) is 5.98. The summed E-state index contributed by atoms with van der Waals surface area (Å²) in [4.78, 5) is 2.09. The molecule has 2 aromatic carbocycles. The molecule has 0 atom stereocenters. The Kier molecular flexibility index (Phi) is 3.82. The number of rotatable bonds is 4. The van der Waals surface area contributed by atoms with Gasteiger partial charge in [-0.15, -0.1) is 0 Å². The highest BCUT2D eigenvalue weighted by Crippen LogP contribution is 2.39. The lowest BCUT2D eigenvalue weighted by Gasteiger charge is -2.37. The number of nitrogens with one attached hydrogen (secondary N) is 1. The first-order valence-electron chi connectivity index (χ1n) is 7.42. The van der Waals surface area contributed by atoms with Crippen LogP contribution in [-0.4, -0.2) is 20.1 Å². The number of hydrogen-bond donors (Lipinski definition) is 1. The molecule has 21 heavy (non-hydrogen) atoms. The monoisotopic (exact) mass is 284 g/mol. The van der Waals surface area contributed by atoms with E-state index in [1.165, 1.54) is 5.69 Å². The lowest BCUT2D eigenvalue weighted by atomic mass is 9.75. The highest BCUT2D eigenvalue weighted by Gasteiger charge is 2.31. The van der Waals surface area contributed by atoms with Crippen molar-refractivity contribution in [2.75, 3.05) is 24.3 Å². The molecular formula is C18H21FN2. The van der Waals surface area contributed by atoms with Gasteiger partial charge in [-0.1, -0.05) is 24.3 Å². The van der Waals surface area contributed by atoms with Gasteiger partial charge in [-0.2, -0.15) is 0 Å². The molecule has 1 fully saturated rings. The van der Waals surface area contributed by atoms with Gasteiger partial charge in [0.05, 0.1) is 0 Å². The normalized spacial score (nSPS) is 20.7. The average Bonchev–Trinajstić information content (AvgIpc) is 2.44. The Labute approximate surface area is 125 Å². The summed E-state index contributed by atoms with van der Waals surface area (Å²) in [6, 6.07) is 15.9. The zero-order valence-corrected chi connectivity index (χ0v) is 12.5. The van der Waals surface area contributed by atoms with Crippen molar-refractivity contribution >= 4 is 11.4 Å². The molecule has 0 bridgehead atoms. The summed E-state index contributed by atoms with van der Waals surface area (Å²) in [7, 11) is 4.08. The highest BCUT2D eigenvalue weighted by molar-refractivity contribution is 5.58. The van der Waals surface area contributed by atoms with Gasteiger partial charge < -0.3 is 10.2 Å². The first-order chi connectivity index (χ1) is 10.1. The van der Waals surface area contributed by atoms with Crippen LogP contribution in [0.5, 0.6) is 0 Å². The molecule has 1 aliphatic carbocycles. The molecule has 0 spiro atoms. The van der Waals surface area contributed by atoms with Crippen LogP contribution < -0.4 is 10.2 Å². The minimum atomic E-state index is -0.0736. The van der Waals surface area contributed by atoms with E-state index in [0.717, 1.165) is 24.1 Å². The van der Waals surface area contributed by atoms with Gasteiger partial charge in [0.2, 0.25) is 0 Å². The summed E-state index contributed by atoms with van der Waals surface area (Å²) in [6.45, 7) is 0. The quantitative estimate of drug-likeness (QED) is 0.903. The van der Waals surface area contributed by atoms with Crippen molar-refractivity contribution in [2.45, 2.75) is 24.8 Å². The van der Waals surface area contributed by atoms with Crippen molar-refractivity contribution < 1.29 is 4.39 Å². The molecule has 3 heteroatoms. The Morgan fingerprint density at radius 2 is 1.81 bits per heavy atom. The SMILES string of the molecule is CN(C)c1cccc(NC2CC(c3ccccc3F)C2)c1. The minimum Gasteiger partial charge on any atom is -0.382 e. The summed E-state index contributed by atoms with van der Waals surface area (Å²) in [5, 5.41) is 3.54. The molecule has 0 aliphatic heterocycles. The Balaban J connectivity index is 1.60. The number of hydrogen-bond acceptors (Lipinski definition) is 2. The van der Waals surface area contributed by atoms with Crippen molar-refractivity contribution in [1.29, 1.82) is 0 Å². The molecular weight excluding hydrogens is 263 g/mol. The van der Waals surface area contributed by atoms with E-state index in [0.29, 0.717) is 12.0 Å². The zero-order chi connectivity index (χ0) is 14.8. The lowest BCUT2D eigenvalue weighted by molar-refractivity contribution is 0.363. The fourth-order valence-electron chi connectivity index (χ4n) is 2.91. The molecule has 1 aliphatic rings. The topological polar surface area (TPSA) is 15.3 Å². The summed E-state index contributed by atoms with van der Waals surface area (Å²) in [6.07, 6.45) is 1.99.